The SMILES string of the molecule is CC(C)N1C(=O)/C(=N\N=C2\c3cccnc3N(C)C2O)c2cccnc21. The molecular weight excluding hydrogens is 332 g/mol. The number of likely N-dealkylation sites (N-methyl/N-ethyl adjacent to an activating group) is 1. The van der Waals surface area contributed by atoms with Gasteiger partial charge in [0.05, 0.1) is 5.56 Å². The Bertz CT molecular complexity index is 952. The molecule has 1 unspecified atom stereocenters. The molecule has 26 heavy (non-hydrogen) atoms. The van der Waals surface area contributed by atoms with Crippen molar-refractivity contribution in [2.75, 3.05) is 16.8 Å². The van der Waals surface area contributed by atoms with Crippen LogP contribution in [0, 0.1) is 0 Å². The molecular formula is C18H18N6O2. The molecule has 2 aliphatic heterocycles. The van der Waals surface area contributed by atoms with Crippen LogP contribution < -0.4 is 9.80 Å². The summed E-state index contributed by atoms with van der Waals surface area (Å²) in [4.78, 5) is 24.6. The molecule has 8 nitrogen and oxygen atoms in total. The number of pyridine rings is 2. The highest BCUT2D eigenvalue weighted by Gasteiger charge is 2.37. The molecule has 1 atom stereocenters. The van der Waals surface area contributed by atoms with Gasteiger partial charge in [0.15, 0.2) is 11.9 Å². The Balaban J connectivity index is 1.80. The normalized spacial score (nSPS) is 21.9. The largest absolute Gasteiger partial charge is 0.368 e. The van der Waals surface area contributed by atoms with Crippen molar-refractivity contribution in [3.05, 3.63) is 47.8 Å². The quantitative estimate of drug-likeness (QED) is 0.821. The molecule has 0 aromatic carbocycles. The molecule has 1 amide bonds. The van der Waals surface area contributed by atoms with Crippen molar-refractivity contribution in [2.24, 2.45) is 10.2 Å². The third kappa shape index (κ3) is 2.30. The Morgan fingerprint density at radius 2 is 1.73 bits per heavy atom. The van der Waals surface area contributed by atoms with Gasteiger partial charge in [0.1, 0.15) is 17.3 Å². The lowest BCUT2D eigenvalue weighted by atomic mass is 10.2. The van der Waals surface area contributed by atoms with Crippen molar-refractivity contribution < 1.29 is 9.90 Å². The van der Waals surface area contributed by atoms with Crippen LogP contribution in [0.25, 0.3) is 0 Å². The summed E-state index contributed by atoms with van der Waals surface area (Å²) in [6.07, 6.45) is 2.34. The number of fused-ring (bicyclic) bond motifs is 2. The van der Waals surface area contributed by atoms with Crippen molar-refractivity contribution in [1.82, 2.24) is 9.97 Å². The van der Waals surface area contributed by atoms with E-state index in [1.807, 2.05) is 19.9 Å². The lowest BCUT2D eigenvalue weighted by Gasteiger charge is -2.19. The topological polar surface area (TPSA) is 94.3 Å². The molecule has 0 spiro atoms. The highest BCUT2D eigenvalue weighted by atomic mass is 16.3. The van der Waals surface area contributed by atoms with E-state index in [0.29, 0.717) is 28.5 Å². The first-order chi connectivity index (χ1) is 12.5. The summed E-state index contributed by atoms with van der Waals surface area (Å²) >= 11 is 0. The number of nitrogens with zero attached hydrogens (tertiary/aromatic N) is 6. The molecule has 0 bridgehead atoms. The number of anilines is 2. The lowest BCUT2D eigenvalue weighted by Crippen LogP contribution is -2.36. The van der Waals surface area contributed by atoms with Gasteiger partial charge in [-0.05, 0) is 38.1 Å². The number of aromatic nitrogens is 2. The summed E-state index contributed by atoms with van der Waals surface area (Å²) in [5.74, 6) is 0.963. The van der Waals surface area contributed by atoms with Crippen LogP contribution in [0.3, 0.4) is 0 Å². The van der Waals surface area contributed by atoms with Crippen LogP contribution in [0.2, 0.25) is 0 Å². The highest BCUT2D eigenvalue weighted by Crippen LogP contribution is 2.30. The van der Waals surface area contributed by atoms with Gasteiger partial charge in [0.25, 0.3) is 5.91 Å². The molecule has 2 aromatic rings. The van der Waals surface area contributed by atoms with Gasteiger partial charge >= 0.3 is 0 Å². The van der Waals surface area contributed by atoms with Crippen molar-refractivity contribution in [3.63, 3.8) is 0 Å². The van der Waals surface area contributed by atoms with E-state index in [4.69, 9.17) is 0 Å². The van der Waals surface area contributed by atoms with Crippen molar-refractivity contribution in [3.8, 4) is 0 Å². The van der Waals surface area contributed by atoms with Crippen LogP contribution >= 0.6 is 0 Å². The van der Waals surface area contributed by atoms with E-state index in [9.17, 15) is 9.90 Å². The van der Waals surface area contributed by atoms with Gasteiger partial charge in [-0.25, -0.2) is 9.97 Å². The summed E-state index contributed by atoms with van der Waals surface area (Å²) < 4.78 is 0. The maximum absolute atomic E-state index is 12.8. The minimum Gasteiger partial charge on any atom is -0.368 e. The fourth-order valence-corrected chi connectivity index (χ4v) is 3.20. The highest BCUT2D eigenvalue weighted by molar-refractivity contribution is 6.54. The fourth-order valence-electron chi connectivity index (χ4n) is 3.20. The van der Waals surface area contributed by atoms with Crippen LogP contribution in [0.4, 0.5) is 11.6 Å². The molecule has 0 saturated carbocycles. The van der Waals surface area contributed by atoms with E-state index in [2.05, 4.69) is 20.2 Å². The summed E-state index contributed by atoms with van der Waals surface area (Å²) in [6, 6.07) is 7.10. The molecule has 0 radical (unpaired) electrons. The zero-order chi connectivity index (χ0) is 18.4. The minimum atomic E-state index is -0.963. The van der Waals surface area contributed by atoms with Crippen LogP contribution in [-0.4, -0.2) is 51.7 Å². The number of carbonyl (C=O) groups excluding carboxylic acids is 1. The molecule has 0 aliphatic carbocycles. The Morgan fingerprint density at radius 1 is 1.08 bits per heavy atom. The molecule has 8 heteroatoms. The number of amides is 1. The molecule has 1 N–H and O–H groups in total. The molecule has 0 saturated heterocycles. The number of aliphatic hydroxyl groups excluding tert-OH is 1. The Morgan fingerprint density at radius 3 is 2.42 bits per heavy atom. The van der Waals surface area contributed by atoms with E-state index in [-0.39, 0.29) is 17.7 Å². The Labute approximate surface area is 150 Å². The Hall–Kier alpha value is -3.13. The molecule has 2 aliphatic rings. The first-order valence-corrected chi connectivity index (χ1v) is 8.31. The van der Waals surface area contributed by atoms with E-state index >= 15 is 0 Å². The maximum Gasteiger partial charge on any atom is 0.280 e. The van der Waals surface area contributed by atoms with Gasteiger partial charge in [-0.3, -0.25) is 9.69 Å². The summed E-state index contributed by atoms with van der Waals surface area (Å²) in [5.41, 5.74) is 1.93. The zero-order valence-electron chi connectivity index (χ0n) is 14.7. The first-order valence-electron chi connectivity index (χ1n) is 8.31. The standard InChI is InChI=1S/C18H18N6O2/c1-10(2)24-16-12(7-5-9-20-16)14(18(24)26)22-21-13-11-6-4-8-19-15(11)23(3)17(13)25/h4-10,17,25H,1-3H3/b21-13-,22-14-. The van der Waals surface area contributed by atoms with Crippen LogP contribution in [0.15, 0.2) is 46.9 Å². The predicted molar refractivity (Wildman–Crippen MR) is 98.6 cm³/mol. The van der Waals surface area contributed by atoms with E-state index < -0.39 is 6.23 Å². The molecule has 2 aromatic heterocycles. The van der Waals surface area contributed by atoms with Gasteiger partial charge in [0.2, 0.25) is 0 Å². The first kappa shape index (κ1) is 16.3. The van der Waals surface area contributed by atoms with Gasteiger partial charge in [-0.1, -0.05) is 0 Å². The van der Waals surface area contributed by atoms with Crippen LogP contribution in [0.1, 0.15) is 25.0 Å². The van der Waals surface area contributed by atoms with Crippen molar-refractivity contribution >= 4 is 29.0 Å². The lowest BCUT2D eigenvalue weighted by molar-refractivity contribution is -0.112. The minimum absolute atomic E-state index is 0.0513. The predicted octanol–water partition coefficient (Wildman–Crippen LogP) is 1.19. The maximum atomic E-state index is 12.8. The summed E-state index contributed by atoms with van der Waals surface area (Å²) in [7, 11) is 1.73. The second-order valence-corrected chi connectivity index (χ2v) is 6.44. The van der Waals surface area contributed by atoms with Gasteiger partial charge in [-0.15, -0.1) is 10.2 Å². The second kappa shape index (κ2) is 5.99. The van der Waals surface area contributed by atoms with Gasteiger partial charge in [0, 0.05) is 31.0 Å². The van der Waals surface area contributed by atoms with Crippen molar-refractivity contribution in [1.29, 1.82) is 0 Å². The summed E-state index contributed by atoms with van der Waals surface area (Å²) in [5, 5.41) is 18.9. The fraction of sp³-hybridized carbons (Fsp3) is 0.278. The number of rotatable bonds is 2. The second-order valence-electron chi connectivity index (χ2n) is 6.44. The molecule has 4 heterocycles. The van der Waals surface area contributed by atoms with Crippen molar-refractivity contribution in [2.45, 2.75) is 26.1 Å². The monoisotopic (exact) mass is 350 g/mol. The Kier molecular flexibility index (Phi) is 3.77. The third-order valence-electron chi connectivity index (χ3n) is 4.47. The van der Waals surface area contributed by atoms with E-state index in [0.717, 1.165) is 0 Å². The molecule has 0 fully saturated rings. The van der Waals surface area contributed by atoms with E-state index in [1.165, 1.54) is 0 Å². The zero-order valence-corrected chi connectivity index (χ0v) is 14.7. The van der Waals surface area contributed by atoms with Crippen LogP contribution in [-0.2, 0) is 4.79 Å². The average Bonchev–Trinajstić information content (AvgIpc) is 3.05. The summed E-state index contributed by atoms with van der Waals surface area (Å²) in [6.45, 7) is 3.84. The number of aliphatic hydroxyl groups is 1. The number of hydrogen-bond acceptors (Lipinski definition) is 7. The smallest absolute Gasteiger partial charge is 0.280 e. The van der Waals surface area contributed by atoms with Crippen LogP contribution in [0.5, 0.6) is 0 Å². The molecule has 4 rings (SSSR count). The average molecular weight is 350 g/mol. The van der Waals surface area contributed by atoms with Gasteiger partial charge < -0.3 is 10.0 Å². The van der Waals surface area contributed by atoms with Gasteiger partial charge in [-0.2, -0.15) is 0 Å². The molecule has 132 valence electrons. The third-order valence-corrected chi connectivity index (χ3v) is 4.47. The number of hydrogen-bond donors (Lipinski definition) is 1. The van der Waals surface area contributed by atoms with E-state index in [1.54, 1.807) is 47.4 Å². The number of carbonyl (C=O) groups is 1.